The third kappa shape index (κ3) is 7.59. The number of halogens is 2. The summed E-state index contributed by atoms with van der Waals surface area (Å²) < 4.78 is 25.2. The van der Waals surface area contributed by atoms with Crippen LogP contribution in [0.25, 0.3) is 6.08 Å². The van der Waals surface area contributed by atoms with Gasteiger partial charge in [0.25, 0.3) is 11.8 Å². The molecule has 2 heterocycles. The van der Waals surface area contributed by atoms with Gasteiger partial charge in [0.05, 0.1) is 23.9 Å². The quantitative estimate of drug-likeness (QED) is 0.126. The fourth-order valence-corrected chi connectivity index (χ4v) is 5.05. The average Bonchev–Trinajstić information content (AvgIpc) is 3.59. The van der Waals surface area contributed by atoms with Gasteiger partial charge in [0.1, 0.15) is 17.3 Å². The van der Waals surface area contributed by atoms with E-state index >= 15 is 0 Å². The first kappa shape index (κ1) is 28.1. The van der Waals surface area contributed by atoms with Crippen LogP contribution in [-0.4, -0.2) is 34.7 Å². The maximum absolute atomic E-state index is 13.5. The Labute approximate surface area is 247 Å². The number of hydrogen-bond acceptors (Lipinski definition) is 7. The van der Waals surface area contributed by atoms with Gasteiger partial charge in [0, 0.05) is 15.7 Å². The number of amidine groups is 1. The molecule has 0 saturated carbocycles. The molecule has 0 bridgehead atoms. The van der Waals surface area contributed by atoms with Crippen molar-refractivity contribution in [2.45, 2.75) is 6.54 Å². The lowest BCUT2D eigenvalue weighted by molar-refractivity contribution is -0.122. The maximum atomic E-state index is 13.5. The maximum Gasteiger partial charge on any atom is 0.267 e. The number of nitrogens with zero attached hydrogens (tertiary/aromatic N) is 3. The molecule has 0 atom stereocenters. The summed E-state index contributed by atoms with van der Waals surface area (Å²) in [5.41, 5.74) is 1.90. The molecule has 1 N–H and O–H groups in total. The first-order chi connectivity index (χ1) is 19.9. The van der Waals surface area contributed by atoms with E-state index in [2.05, 4.69) is 31.4 Å². The molecule has 1 aliphatic heterocycles. The van der Waals surface area contributed by atoms with Gasteiger partial charge in [0.15, 0.2) is 11.8 Å². The normalized spacial score (nSPS) is 15.3. The molecule has 1 aromatic heterocycles. The predicted octanol–water partition coefficient (Wildman–Crippen LogP) is 6.71. The van der Waals surface area contributed by atoms with Crippen LogP contribution in [0.1, 0.15) is 16.9 Å². The van der Waals surface area contributed by atoms with Crippen molar-refractivity contribution in [2.75, 3.05) is 11.9 Å². The van der Waals surface area contributed by atoms with Crippen LogP contribution in [0.2, 0.25) is 0 Å². The molecule has 41 heavy (non-hydrogen) atoms. The van der Waals surface area contributed by atoms with E-state index in [-0.39, 0.29) is 19.1 Å². The van der Waals surface area contributed by atoms with Crippen LogP contribution in [0.4, 0.5) is 10.1 Å². The molecule has 0 spiro atoms. The van der Waals surface area contributed by atoms with Crippen molar-refractivity contribution in [3.8, 4) is 5.75 Å². The molecule has 4 aromatic rings. The Morgan fingerprint density at radius 3 is 2.63 bits per heavy atom. The zero-order valence-corrected chi connectivity index (χ0v) is 23.8. The Hall–Kier alpha value is -4.48. The molecule has 0 aliphatic carbocycles. The summed E-state index contributed by atoms with van der Waals surface area (Å²) in [7, 11) is 0. The van der Waals surface area contributed by atoms with Crippen molar-refractivity contribution in [3.05, 3.63) is 123 Å². The van der Waals surface area contributed by atoms with Gasteiger partial charge in [-0.25, -0.2) is 4.39 Å². The molecule has 1 fully saturated rings. The second kappa shape index (κ2) is 13.2. The number of hydrogen-bond donors (Lipinski definition) is 1. The van der Waals surface area contributed by atoms with Crippen molar-refractivity contribution in [1.82, 2.24) is 4.90 Å². The minimum Gasteiger partial charge on any atom is -0.483 e. The summed E-state index contributed by atoms with van der Waals surface area (Å²) in [6.07, 6.45) is 4.84. The van der Waals surface area contributed by atoms with E-state index in [0.29, 0.717) is 32.8 Å². The molecule has 1 saturated heterocycles. The van der Waals surface area contributed by atoms with Crippen LogP contribution in [0, 0.1) is 5.82 Å². The van der Waals surface area contributed by atoms with E-state index in [1.54, 1.807) is 48.9 Å². The second-order valence-electron chi connectivity index (χ2n) is 8.65. The van der Waals surface area contributed by atoms with E-state index < -0.39 is 11.7 Å². The molecule has 2 amide bonds. The largest absolute Gasteiger partial charge is 0.483 e. The van der Waals surface area contributed by atoms with E-state index in [0.717, 1.165) is 10.0 Å². The number of ether oxygens (including phenoxy) is 1. The van der Waals surface area contributed by atoms with Crippen molar-refractivity contribution in [1.29, 1.82) is 0 Å². The Balaban J connectivity index is 1.36. The molecule has 0 radical (unpaired) electrons. The zero-order valence-electron chi connectivity index (χ0n) is 21.4. The number of anilines is 1. The molecule has 3 aromatic carbocycles. The summed E-state index contributed by atoms with van der Waals surface area (Å²) in [5, 5.41) is 11.6. The summed E-state index contributed by atoms with van der Waals surface area (Å²) in [6, 6.07) is 23.7. The van der Waals surface area contributed by atoms with E-state index in [1.165, 1.54) is 40.9 Å². The highest BCUT2D eigenvalue weighted by Crippen LogP contribution is 2.36. The standard InChI is InChI=1S/C30H22BrFN4O4S/c31-22-8-13-26(40-19-28(37)34-24-11-9-23(32)10-12-24)21(15-22)16-27-29(38)36(18-25-7-4-14-39-25)30(41-27)35-33-17-20-5-2-1-3-6-20/h1-17H,18-19H2,(H,34,37)/b27-16-,33-17-,35-30+. The van der Waals surface area contributed by atoms with Crippen LogP contribution in [0.15, 0.2) is 115 Å². The topological polar surface area (TPSA) is 96.5 Å². The molecule has 0 unspecified atom stereocenters. The molecular formula is C30H22BrFN4O4S. The third-order valence-corrected chi connectivity index (χ3v) is 7.17. The minimum atomic E-state index is -0.417. The van der Waals surface area contributed by atoms with Crippen LogP contribution in [0.3, 0.4) is 0 Å². The monoisotopic (exact) mass is 632 g/mol. The number of amides is 2. The molecule has 1 aliphatic rings. The number of furan rings is 1. The second-order valence-corrected chi connectivity index (χ2v) is 10.6. The first-order valence-electron chi connectivity index (χ1n) is 12.3. The van der Waals surface area contributed by atoms with Crippen molar-refractivity contribution in [3.63, 3.8) is 0 Å². The highest BCUT2D eigenvalue weighted by Gasteiger charge is 2.34. The number of nitrogens with one attached hydrogen (secondary N) is 1. The fraction of sp³-hybridized carbons (Fsp3) is 0.0667. The molecule has 206 valence electrons. The fourth-order valence-electron chi connectivity index (χ4n) is 3.74. The Morgan fingerprint density at radius 1 is 1.07 bits per heavy atom. The summed E-state index contributed by atoms with van der Waals surface area (Å²) in [5.74, 6) is -0.100. The van der Waals surface area contributed by atoms with Crippen LogP contribution in [0.5, 0.6) is 5.75 Å². The molecular weight excluding hydrogens is 611 g/mol. The van der Waals surface area contributed by atoms with Crippen LogP contribution >= 0.6 is 27.7 Å². The predicted molar refractivity (Wildman–Crippen MR) is 161 cm³/mol. The molecule has 8 nitrogen and oxygen atoms in total. The van der Waals surface area contributed by atoms with Gasteiger partial charge in [-0.3, -0.25) is 14.5 Å². The van der Waals surface area contributed by atoms with Gasteiger partial charge in [-0.1, -0.05) is 46.3 Å². The Kier molecular flexibility index (Phi) is 9.07. The summed E-state index contributed by atoms with van der Waals surface area (Å²) in [6.45, 7) is -0.108. The lowest BCUT2D eigenvalue weighted by Crippen LogP contribution is -2.28. The van der Waals surface area contributed by atoms with E-state index in [4.69, 9.17) is 9.15 Å². The molecule has 11 heteroatoms. The van der Waals surface area contributed by atoms with Crippen molar-refractivity contribution in [2.24, 2.45) is 10.2 Å². The van der Waals surface area contributed by atoms with Gasteiger partial charge in [-0.05, 0) is 78.0 Å². The van der Waals surface area contributed by atoms with Crippen molar-refractivity contribution < 1.29 is 23.1 Å². The summed E-state index contributed by atoms with van der Waals surface area (Å²) >= 11 is 4.63. The number of thioether (sulfide) groups is 1. The lowest BCUT2D eigenvalue weighted by Gasteiger charge is -2.13. The number of carbonyl (C=O) groups is 2. The molecule has 5 rings (SSSR count). The average molecular weight is 633 g/mol. The summed E-state index contributed by atoms with van der Waals surface area (Å²) in [4.78, 5) is 27.8. The van der Waals surface area contributed by atoms with E-state index in [9.17, 15) is 14.0 Å². The first-order valence-corrected chi connectivity index (χ1v) is 13.9. The van der Waals surface area contributed by atoms with Crippen molar-refractivity contribution >= 4 is 62.7 Å². The van der Waals surface area contributed by atoms with Gasteiger partial charge < -0.3 is 14.5 Å². The minimum absolute atomic E-state index is 0.182. The number of rotatable bonds is 9. The Bertz CT molecular complexity index is 1620. The third-order valence-electron chi connectivity index (χ3n) is 5.68. The van der Waals surface area contributed by atoms with E-state index in [1.807, 2.05) is 30.3 Å². The smallest absolute Gasteiger partial charge is 0.267 e. The van der Waals surface area contributed by atoms with Gasteiger partial charge in [-0.2, -0.15) is 5.10 Å². The van der Waals surface area contributed by atoms with Crippen LogP contribution in [-0.2, 0) is 16.1 Å². The number of carbonyl (C=O) groups excluding carboxylic acids is 2. The lowest BCUT2D eigenvalue weighted by atomic mass is 10.2. The SMILES string of the molecule is O=C(COc1ccc(Br)cc1/C=C1\S/C(=N/N=C\c2ccccc2)N(Cc2ccco2)C1=O)Nc1ccc(F)cc1. The Morgan fingerprint density at radius 2 is 1.88 bits per heavy atom. The van der Waals surface area contributed by atoms with Gasteiger partial charge >= 0.3 is 0 Å². The highest BCUT2D eigenvalue weighted by atomic mass is 79.9. The highest BCUT2D eigenvalue weighted by molar-refractivity contribution is 9.10. The van der Waals surface area contributed by atoms with Gasteiger partial charge in [0.2, 0.25) is 0 Å². The van der Waals surface area contributed by atoms with Gasteiger partial charge in [-0.15, -0.1) is 5.10 Å². The number of benzene rings is 3. The zero-order chi connectivity index (χ0) is 28.6. The van der Waals surface area contributed by atoms with Crippen LogP contribution < -0.4 is 10.1 Å².